The molecule has 8 nitrogen and oxygen atoms in total. The molecule has 0 aliphatic carbocycles. The minimum Gasteiger partial charge on any atom is -0.481 e. The number of hydrogen-bond donors (Lipinski definition) is 0. The average Bonchev–Trinajstić information content (AvgIpc) is 3.42. The Morgan fingerprint density at radius 3 is 2.70 bits per heavy atom. The van der Waals surface area contributed by atoms with E-state index in [4.69, 9.17) is 13.6 Å². The zero-order valence-corrected chi connectivity index (χ0v) is 15.7. The summed E-state index contributed by atoms with van der Waals surface area (Å²) in [6, 6.07) is 8.27. The molecule has 0 saturated carbocycles. The van der Waals surface area contributed by atoms with Crippen molar-refractivity contribution in [3.8, 4) is 23.5 Å². The van der Waals surface area contributed by atoms with Crippen molar-refractivity contribution in [2.24, 2.45) is 0 Å². The third-order valence-electron chi connectivity index (χ3n) is 4.61. The number of amides is 1. The summed E-state index contributed by atoms with van der Waals surface area (Å²) in [7, 11) is 0. The molecule has 3 aromatic rings. The Bertz CT molecular complexity index is 1080. The Kier molecular flexibility index (Phi) is 5.34. The lowest BCUT2D eigenvalue weighted by Crippen LogP contribution is -2.50. The number of ether oxygens (including phenoxy) is 1. The number of halogens is 2. The zero-order valence-electron chi connectivity index (χ0n) is 15.7. The second-order valence-corrected chi connectivity index (χ2v) is 6.49. The maximum Gasteiger partial charge on any atom is 0.266 e. The molecule has 1 aliphatic heterocycles. The molecular weight excluding hydrogens is 398 g/mol. The number of nitriles is 1. The van der Waals surface area contributed by atoms with Crippen LogP contribution in [-0.4, -0.2) is 48.6 Å². The maximum absolute atomic E-state index is 13.6. The molecule has 0 atom stereocenters. The van der Waals surface area contributed by atoms with Gasteiger partial charge in [-0.2, -0.15) is 10.2 Å². The average molecular weight is 414 g/mol. The lowest BCUT2D eigenvalue weighted by molar-refractivity contribution is -0.133. The third kappa shape index (κ3) is 3.96. The molecule has 0 bridgehead atoms. The van der Waals surface area contributed by atoms with Gasteiger partial charge in [0.15, 0.2) is 23.9 Å². The van der Waals surface area contributed by atoms with Gasteiger partial charge in [0.05, 0.1) is 6.26 Å². The van der Waals surface area contributed by atoms with E-state index in [1.54, 1.807) is 17.0 Å². The van der Waals surface area contributed by atoms with Crippen LogP contribution in [-0.2, 0) is 4.79 Å². The number of rotatable bonds is 5. The summed E-state index contributed by atoms with van der Waals surface area (Å²) < 4.78 is 42.7. The van der Waals surface area contributed by atoms with Gasteiger partial charge < -0.3 is 23.4 Å². The first kappa shape index (κ1) is 19.4. The van der Waals surface area contributed by atoms with Gasteiger partial charge in [0.2, 0.25) is 11.6 Å². The van der Waals surface area contributed by atoms with Gasteiger partial charge in [0.25, 0.3) is 11.8 Å². The molecule has 3 heterocycles. The van der Waals surface area contributed by atoms with Crippen LogP contribution in [0.15, 0.2) is 45.4 Å². The van der Waals surface area contributed by atoms with E-state index in [2.05, 4.69) is 4.98 Å². The third-order valence-corrected chi connectivity index (χ3v) is 4.61. The Morgan fingerprint density at radius 1 is 1.23 bits per heavy atom. The molecule has 0 unspecified atom stereocenters. The van der Waals surface area contributed by atoms with E-state index < -0.39 is 11.6 Å². The van der Waals surface area contributed by atoms with Crippen molar-refractivity contribution in [2.45, 2.75) is 0 Å². The van der Waals surface area contributed by atoms with Gasteiger partial charge in [-0.1, -0.05) is 0 Å². The minimum atomic E-state index is -0.866. The number of nitrogens with zero attached hydrogens (tertiary/aromatic N) is 4. The molecule has 4 rings (SSSR count). The Balaban J connectivity index is 1.36. The van der Waals surface area contributed by atoms with Crippen LogP contribution in [0, 0.1) is 23.0 Å². The first-order chi connectivity index (χ1) is 14.5. The van der Waals surface area contributed by atoms with E-state index in [9.17, 15) is 18.8 Å². The van der Waals surface area contributed by atoms with Crippen LogP contribution >= 0.6 is 0 Å². The molecular formula is C20H16F2N4O4. The van der Waals surface area contributed by atoms with Crippen molar-refractivity contribution in [3.05, 3.63) is 53.9 Å². The fourth-order valence-electron chi connectivity index (χ4n) is 3.09. The van der Waals surface area contributed by atoms with E-state index in [1.165, 1.54) is 6.26 Å². The van der Waals surface area contributed by atoms with Gasteiger partial charge in [-0.05, 0) is 24.3 Å². The quantitative estimate of drug-likeness (QED) is 0.633. The van der Waals surface area contributed by atoms with E-state index >= 15 is 0 Å². The topological polar surface area (TPSA) is 95.7 Å². The highest BCUT2D eigenvalue weighted by Gasteiger charge is 2.27. The summed E-state index contributed by atoms with van der Waals surface area (Å²) in [6.45, 7) is 1.18. The van der Waals surface area contributed by atoms with Gasteiger partial charge in [0.1, 0.15) is 11.9 Å². The summed E-state index contributed by atoms with van der Waals surface area (Å²) in [4.78, 5) is 19.9. The second kappa shape index (κ2) is 8.24. The highest BCUT2D eigenvalue weighted by atomic mass is 19.1. The van der Waals surface area contributed by atoms with E-state index in [1.807, 2.05) is 11.0 Å². The van der Waals surface area contributed by atoms with Crippen molar-refractivity contribution in [1.82, 2.24) is 9.88 Å². The predicted molar refractivity (Wildman–Crippen MR) is 99.6 cm³/mol. The summed E-state index contributed by atoms with van der Waals surface area (Å²) in [5, 5.41) is 9.35. The van der Waals surface area contributed by atoms with Crippen molar-refractivity contribution in [1.29, 1.82) is 5.26 Å². The molecule has 2 aromatic heterocycles. The smallest absolute Gasteiger partial charge is 0.266 e. The number of hydrogen-bond acceptors (Lipinski definition) is 7. The summed E-state index contributed by atoms with van der Waals surface area (Å²) in [5.74, 6) is -1.16. The van der Waals surface area contributed by atoms with E-state index in [0.29, 0.717) is 43.9 Å². The van der Waals surface area contributed by atoms with Gasteiger partial charge in [0, 0.05) is 32.2 Å². The number of furan rings is 1. The molecule has 0 radical (unpaired) electrons. The number of carbonyl (C=O) groups is 1. The molecule has 1 aromatic carbocycles. The number of oxazole rings is 1. The van der Waals surface area contributed by atoms with Crippen molar-refractivity contribution in [2.75, 3.05) is 37.7 Å². The molecule has 30 heavy (non-hydrogen) atoms. The van der Waals surface area contributed by atoms with Crippen molar-refractivity contribution < 1.29 is 27.1 Å². The van der Waals surface area contributed by atoms with Crippen LogP contribution in [0.4, 0.5) is 14.7 Å². The Hall–Kier alpha value is -3.87. The maximum atomic E-state index is 13.6. The molecule has 154 valence electrons. The van der Waals surface area contributed by atoms with E-state index in [0.717, 1.165) is 12.1 Å². The number of benzene rings is 1. The Morgan fingerprint density at radius 2 is 2.03 bits per heavy atom. The molecule has 1 aliphatic rings. The lowest BCUT2D eigenvalue weighted by atomic mass is 10.3. The SMILES string of the molecule is N#Cc1nc(-c2ccco2)oc1N1CCN(C(=O)COc2ccc(F)cc2F)CC1. The highest BCUT2D eigenvalue weighted by Crippen LogP contribution is 2.29. The monoisotopic (exact) mass is 414 g/mol. The van der Waals surface area contributed by atoms with Gasteiger partial charge >= 0.3 is 0 Å². The van der Waals surface area contributed by atoms with Gasteiger partial charge in [-0.3, -0.25) is 4.79 Å². The number of piperazine rings is 1. The largest absolute Gasteiger partial charge is 0.481 e. The summed E-state index contributed by atoms with van der Waals surface area (Å²) in [5.41, 5.74) is 0.135. The van der Waals surface area contributed by atoms with Crippen LogP contribution in [0.2, 0.25) is 0 Å². The standard InChI is InChI=1S/C20H16F2N4O4/c21-13-3-4-16(14(22)10-13)29-12-18(27)25-5-7-26(8-6-25)20-15(11-23)24-19(30-20)17-2-1-9-28-17/h1-4,9-10H,5-8,12H2. The normalized spacial score (nSPS) is 13.9. The number of anilines is 1. The molecule has 1 fully saturated rings. The van der Waals surface area contributed by atoms with E-state index in [-0.39, 0.29) is 29.8 Å². The summed E-state index contributed by atoms with van der Waals surface area (Å²) >= 11 is 0. The molecule has 10 heteroatoms. The summed E-state index contributed by atoms with van der Waals surface area (Å²) in [6.07, 6.45) is 1.48. The van der Waals surface area contributed by atoms with Gasteiger partial charge in [-0.25, -0.2) is 8.78 Å². The van der Waals surface area contributed by atoms with Crippen molar-refractivity contribution >= 4 is 11.8 Å². The predicted octanol–water partition coefficient (Wildman–Crippen LogP) is 2.81. The molecule has 0 N–H and O–H groups in total. The first-order valence-electron chi connectivity index (χ1n) is 9.10. The molecule has 0 spiro atoms. The number of aromatic nitrogens is 1. The molecule has 1 amide bonds. The number of carbonyl (C=O) groups excluding carboxylic acids is 1. The lowest BCUT2D eigenvalue weighted by Gasteiger charge is -2.34. The van der Waals surface area contributed by atoms with Crippen LogP contribution in [0.3, 0.4) is 0 Å². The van der Waals surface area contributed by atoms with Crippen LogP contribution in [0.25, 0.3) is 11.7 Å². The minimum absolute atomic E-state index is 0.135. The Labute approximate surface area is 169 Å². The van der Waals surface area contributed by atoms with Crippen LogP contribution < -0.4 is 9.64 Å². The van der Waals surface area contributed by atoms with Crippen LogP contribution in [0.5, 0.6) is 5.75 Å². The zero-order chi connectivity index (χ0) is 21.1. The van der Waals surface area contributed by atoms with Crippen molar-refractivity contribution in [3.63, 3.8) is 0 Å². The fraction of sp³-hybridized carbons (Fsp3) is 0.250. The molecule has 1 saturated heterocycles. The van der Waals surface area contributed by atoms with Gasteiger partial charge in [-0.15, -0.1) is 0 Å². The fourth-order valence-corrected chi connectivity index (χ4v) is 3.09. The first-order valence-corrected chi connectivity index (χ1v) is 9.10. The second-order valence-electron chi connectivity index (χ2n) is 6.49. The highest BCUT2D eigenvalue weighted by molar-refractivity contribution is 5.78. The van der Waals surface area contributed by atoms with Crippen LogP contribution in [0.1, 0.15) is 5.69 Å².